The molecule has 0 aromatic carbocycles. The van der Waals surface area contributed by atoms with Gasteiger partial charge in [0.2, 0.25) is 5.91 Å². The Hall–Kier alpha value is -0.220. The maximum Gasteiger partial charge on any atom is 0.217 e. The van der Waals surface area contributed by atoms with Crippen LogP contribution in [-0.4, -0.2) is 41.9 Å². The summed E-state index contributed by atoms with van der Waals surface area (Å²) < 4.78 is 0. The minimum atomic E-state index is -0.186. The van der Waals surface area contributed by atoms with E-state index < -0.39 is 0 Å². The van der Waals surface area contributed by atoms with Crippen molar-refractivity contribution in [2.24, 2.45) is 5.73 Å². The zero-order valence-corrected chi connectivity index (χ0v) is 10.1. The van der Waals surface area contributed by atoms with Crippen LogP contribution in [0.15, 0.2) is 0 Å². The zero-order valence-electron chi connectivity index (χ0n) is 9.29. The van der Waals surface area contributed by atoms with Gasteiger partial charge in [-0.25, -0.2) is 0 Å². The Morgan fingerprint density at radius 2 is 1.93 bits per heavy atom. The van der Waals surface area contributed by atoms with Crippen LogP contribution >= 0.6 is 11.8 Å². The molecule has 0 spiro atoms. The van der Waals surface area contributed by atoms with Gasteiger partial charge in [-0.2, -0.15) is 11.8 Å². The van der Waals surface area contributed by atoms with Crippen LogP contribution in [0.5, 0.6) is 0 Å². The Morgan fingerprint density at radius 3 is 2.43 bits per heavy atom. The predicted molar refractivity (Wildman–Crippen MR) is 63.5 cm³/mol. The smallest absolute Gasteiger partial charge is 0.217 e. The van der Waals surface area contributed by atoms with E-state index in [2.05, 4.69) is 18.7 Å². The van der Waals surface area contributed by atoms with Gasteiger partial charge in [-0.15, -0.1) is 0 Å². The molecule has 0 aromatic heterocycles. The third kappa shape index (κ3) is 8.38. The Balaban J connectivity index is 3.16. The van der Waals surface area contributed by atoms with Gasteiger partial charge in [0.1, 0.15) is 0 Å². The maximum absolute atomic E-state index is 10.4. The summed E-state index contributed by atoms with van der Waals surface area (Å²) in [7, 11) is 0. The van der Waals surface area contributed by atoms with E-state index in [1.165, 1.54) is 0 Å². The first-order valence-corrected chi connectivity index (χ1v) is 6.44. The normalized spacial score (nSPS) is 10.8. The second-order valence-corrected chi connectivity index (χ2v) is 4.43. The third-order valence-corrected chi connectivity index (χ3v) is 3.21. The van der Waals surface area contributed by atoms with E-state index in [-0.39, 0.29) is 5.91 Å². The van der Waals surface area contributed by atoms with E-state index in [4.69, 9.17) is 5.73 Å². The molecule has 0 bridgehead atoms. The molecule has 3 nitrogen and oxygen atoms in total. The summed E-state index contributed by atoms with van der Waals surface area (Å²) in [5, 5.41) is 0. The van der Waals surface area contributed by atoms with E-state index >= 15 is 0 Å². The fourth-order valence-electron chi connectivity index (χ4n) is 1.18. The fourth-order valence-corrected chi connectivity index (χ4v) is 2.12. The van der Waals surface area contributed by atoms with E-state index in [1.54, 1.807) is 0 Å². The molecule has 1 amide bonds. The maximum atomic E-state index is 10.4. The van der Waals surface area contributed by atoms with Crippen LogP contribution in [-0.2, 0) is 4.79 Å². The molecule has 14 heavy (non-hydrogen) atoms. The Bertz CT molecular complexity index is 149. The van der Waals surface area contributed by atoms with Crippen LogP contribution in [0.25, 0.3) is 0 Å². The molecule has 0 aliphatic heterocycles. The van der Waals surface area contributed by atoms with Crippen molar-refractivity contribution in [2.75, 3.05) is 31.1 Å². The Kier molecular flexibility index (Phi) is 9.19. The number of rotatable bonds is 9. The number of hydrogen-bond acceptors (Lipinski definition) is 3. The van der Waals surface area contributed by atoms with Gasteiger partial charge in [0.05, 0.1) is 0 Å². The standard InChI is InChI=1S/C10H22N2OS/c1-3-12(4-2)7-9-14-8-5-6-10(11)13/h3-9H2,1-2H3,(H2,11,13). The topological polar surface area (TPSA) is 46.3 Å². The highest BCUT2D eigenvalue weighted by molar-refractivity contribution is 7.99. The highest BCUT2D eigenvalue weighted by Crippen LogP contribution is 2.04. The van der Waals surface area contributed by atoms with Crippen molar-refractivity contribution in [3.05, 3.63) is 0 Å². The number of hydrogen-bond donors (Lipinski definition) is 1. The van der Waals surface area contributed by atoms with E-state index in [0.29, 0.717) is 6.42 Å². The molecule has 0 atom stereocenters. The molecule has 0 saturated carbocycles. The molecule has 0 fully saturated rings. The molecular weight excluding hydrogens is 196 g/mol. The van der Waals surface area contributed by atoms with Crippen LogP contribution < -0.4 is 5.73 Å². The summed E-state index contributed by atoms with van der Waals surface area (Å²) in [6.45, 7) is 7.76. The number of primary amides is 1. The molecule has 4 heteroatoms. The van der Waals surface area contributed by atoms with Crippen molar-refractivity contribution in [3.63, 3.8) is 0 Å². The molecule has 0 aliphatic carbocycles. The second kappa shape index (κ2) is 9.34. The van der Waals surface area contributed by atoms with E-state index in [1.807, 2.05) is 11.8 Å². The minimum absolute atomic E-state index is 0.186. The molecule has 0 radical (unpaired) electrons. The highest BCUT2D eigenvalue weighted by atomic mass is 32.2. The predicted octanol–water partition coefficient (Wildman–Crippen LogP) is 1.33. The largest absolute Gasteiger partial charge is 0.370 e. The van der Waals surface area contributed by atoms with Crippen LogP contribution in [0.3, 0.4) is 0 Å². The molecule has 0 aromatic rings. The van der Waals surface area contributed by atoms with Gasteiger partial charge in [-0.05, 0) is 25.3 Å². The van der Waals surface area contributed by atoms with E-state index in [9.17, 15) is 4.79 Å². The van der Waals surface area contributed by atoms with Crippen LogP contribution in [0, 0.1) is 0 Å². The van der Waals surface area contributed by atoms with Crippen molar-refractivity contribution in [1.29, 1.82) is 0 Å². The van der Waals surface area contributed by atoms with Crippen molar-refractivity contribution < 1.29 is 4.79 Å². The molecule has 2 N–H and O–H groups in total. The van der Waals surface area contributed by atoms with Gasteiger partial charge in [-0.3, -0.25) is 4.79 Å². The zero-order chi connectivity index (χ0) is 10.8. The van der Waals surface area contributed by atoms with Crippen molar-refractivity contribution in [2.45, 2.75) is 26.7 Å². The van der Waals surface area contributed by atoms with Crippen molar-refractivity contribution in [3.8, 4) is 0 Å². The van der Waals surface area contributed by atoms with Gasteiger partial charge in [0.25, 0.3) is 0 Å². The molecule has 84 valence electrons. The first-order chi connectivity index (χ1) is 6.70. The number of nitrogens with zero attached hydrogens (tertiary/aromatic N) is 1. The molecule has 0 saturated heterocycles. The lowest BCUT2D eigenvalue weighted by molar-refractivity contribution is -0.118. The number of amides is 1. The molecule has 0 aliphatic rings. The second-order valence-electron chi connectivity index (χ2n) is 3.21. The SMILES string of the molecule is CCN(CC)CCSCCCC(N)=O. The van der Waals surface area contributed by atoms with Crippen LogP contribution in [0.4, 0.5) is 0 Å². The number of carbonyl (C=O) groups excluding carboxylic acids is 1. The van der Waals surface area contributed by atoms with Gasteiger partial charge in [-0.1, -0.05) is 13.8 Å². The van der Waals surface area contributed by atoms with Gasteiger partial charge >= 0.3 is 0 Å². The highest BCUT2D eigenvalue weighted by Gasteiger charge is 1.98. The molecular formula is C10H22N2OS. The first kappa shape index (κ1) is 13.8. The fraction of sp³-hybridized carbons (Fsp3) is 0.900. The number of thioether (sulfide) groups is 1. The monoisotopic (exact) mass is 218 g/mol. The summed E-state index contributed by atoms with van der Waals surface area (Å²) in [4.78, 5) is 12.8. The Labute approximate surface area is 91.4 Å². The average molecular weight is 218 g/mol. The summed E-state index contributed by atoms with van der Waals surface area (Å²) >= 11 is 1.90. The number of carbonyl (C=O) groups is 1. The summed E-state index contributed by atoms with van der Waals surface area (Å²) in [6, 6.07) is 0. The summed E-state index contributed by atoms with van der Waals surface area (Å²) in [5.41, 5.74) is 5.04. The Morgan fingerprint density at radius 1 is 1.29 bits per heavy atom. The van der Waals surface area contributed by atoms with Crippen LogP contribution in [0.1, 0.15) is 26.7 Å². The van der Waals surface area contributed by atoms with Crippen molar-refractivity contribution >= 4 is 17.7 Å². The quantitative estimate of drug-likeness (QED) is 0.594. The van der Waals surface area contributed by atoms with Gasteiger partial charge in [0.15, 0.2) is 0 Å². The summed E-state index contributed by atoms with van der Waals surface area (Å²) in [5.74, 6) is 2.01. The van der Waals surface area contributed by atoms with E-state index in [0.717, 1.165) is 37.6 Å². The number of nitrogens with two attached hydrogens (primary N) is 1. The van der Waals surface area contributed by atoms with Crippen LogP contribution in [0.2, 0.25) is 0 Å². The van der Waals surface area contributed by atoms with Gasteiger partial charge < -0.3 is 10.6 Å². The molecule has 0 heterocycles. The average Bonchev–Trinajstić information content (AvgIpc) is 2.16. The lowest BCUT2D eigenvalue weighted by Gasteiger charge is -2.17. The lowest BCUT2D eigenvalue weighted by Crippen LogP contribution is -2.25. The van der Waals surface area contributed by atoms with Crippen molar-refractivity contribution in [1.82, 2.24) is 4.90 Å². The third-order valence-electron chi connectivity index (χ3n) is 2.16. The molecule has 0 unspecified atom stereocenters. The summed E-state index contributed by atoms with van der Waals surface area (Å²) in [6.07, 6.45) is 1.44. The molecule has 0 rings (SSSR count). The lowest BCUT2D eigenvalue weighted by atomic mass is 10.3. The van der Waals surface area contributed by atoms with Gasteiger partial charge in [0, 0.05) is 18.7 Å². The minimum Gasteiger partial charge on any atom is -0.370 e. The first-order valence-electron chi connectivity index (χ1n) is 5.29.